The number of hydrogen-bond acceptors (Lipinski definition) is 4. The highest BCUT2D eigenvalue weighted by Crippen LogP contribution is 2.19. The fourth-order valence-electron chi connectivity index (χ4n) is 1.42. The molecule has 0 radical (unpaired) electrons. The van der Waals surface area contributed by atoms with Crippen molar-refractivity contribution in [3.8, 4) is 5.75 Å². The zero-order chi connectivity index (χ0) is 13.2. The van der Waals surface area contributed by atoms with E-state index in [1.54, 1.807) is 12.1 Å². The molecule has 0 aliphatic heterocycles. The number of para-hydroxylation sites is 2. The van der Waals surface area contributed by atoms with Crippen molar-refractivity contribution in [3.05, 3.63) is 24.3 Å². The van der Waals surface area contributed by atoms with Gasteiger partial charge in [-0.3, -0.25) is 4.79 Å². The number of amides is 1. The van der Waals surface area contributed by atoms with E-state index in [2.05, 4.69) is 5.32 Å². The Morgan fingerprint density at radius 3 is 2.83 bits per heavy atom. The highest BCUT2D eigenvalue weighted by Gasteiger charge is 2.02. The number of nitrogen functional groups attached to an aromatic ring is 1. The third-order valence-corrected chi connectivity index (χ3v) is 2.38. The molecule has 5 nitrogen and oxygen atoms in total. The molecule has 0 aliphatic carbocycles. The molecule has 0 spiro atoms. The maximum atomic E-state index is 11.3. The van der Waals surface area contributed by atoms with Gasteiger partial charge in [-0.15, -0.1) is 0 Å². The molecule has 0 aliphatic rings. The molecule has 18 heavy (non-hydrogen) atoms. The molecule has 0 saturated heterocycles. The Morgan fingerprint density at radius 1 is 1.33 bits per heavy atom. The first-order valence-corrected chi connectivity index (χ1v) is 6.09. The van der Waals surface area contributed by atoms with Gasteiger partial charge in [0.15, 0.2) is 0 Å². The molecule has 0 atom stereocenters. The highest BCUT2D eigenvalue weighted by atomic mass is 16.5. The molecule has 1 rings (SSSR count). The minimum Gasteiger partial charge on any atom is -0.491 e. The van der Waals surface area contributed by atoms with Crippen LogP contribution in [0.25, 0.3) is 0 Å². The number of carbonyl (C=O) groups is 1. The lowest BCUT2D eigenvalue weighted by Crippen LogP contribution is -2.25. The van der Waals surface area contributed by atoms with E-state index < -0.39 is 0 Å². The van der Waals surface area contributed by atoms with Crippen LogP contribution in [0.2, 0.25) is 0 Å². The minimum absolute atomic E-state index is 0.0203. The Bertz CT molecular complexity index is 369. The van der Waals surface area contributed by atoms with Crippen LogP contribution >= 0.6 is 0 Å². The van der Waals surface area contributed by atoms with Crippen molar-refractivity contribution in [2.45, 2.75) is 19.3 Å². The number of ether oxygens (including phenoxy) is 1. The summed E-state index contributed by atoms with van der Waals surface area (Å²) in [4.78, 5) is 11.3. The van der Waals surface area contributed by atoms with Crippen LogP contribution in [0.15, 0.2) is 24.3 Å². The number of anilines is 1. The molecule has 0 saturated carbocycles. The molecule has 5 heteroatoms. The molecule has 0 fully saturated rings. The van der Waals surface area contributed by atoms with E-state index in [1.165, 1.54) is 0 Å². The van der Waals surface area contributed by atoms with Gasteiger partial charge >= 0.3 is 0 Å². The van der Waals surface area contributed by atoms with Crippen molar-refractivity contribution in [2.75, 3.05) is 25.5 Å². The zero-order valence-electron chi connectivity index (χ0n) is 10.4. The minimum atomic E-state index is -0.0203. The van der Waals surface area contributed by atoms with E-state index in [0.29, 0.717) is 43.9 Å². The summed E-state index contributed by atoms with van der Waals surface area (Å²) in [7, 11) is 0. The standard InChI is InChI=1S/C13H20N2O3/c14-11-5-1-2-6-12(11)18-10-3-7-13(17)15-8-4-9-16/h1-2,5-6,16H,3-4,7-10,14H2,(H,15,17). The maximum absolute atomic E-state index is 11.3. The highest BCUT2D eigenvalue weighted by molar-refractivity contribution is 5.75. The van der Waals surface area contributed by atoms with Crippen LogP contribution in [0.4, 0.5) is 5.69 Å². The van der Waals surface area contributed by atoms with Crippen molar-refractivity contribution < 1.29 is 14.6 Å². The Labute approximate surface area is 107 Å². The predicted octanol–water partition coefficient (Wildman–Crippen LogP) is 0.926. The van der Waals surface area contributed by atoms with Crippen LogP contribution in [-0.2, 0) is 4.79 Å². The van der Waals surface area contributed by atoms with Gasteiger partial charge < -0.3 is 20.9 Å². The normalized spacial score (nSPS) is 10.1. The van der Waals surface area contributed by atoms with Crippen LogP contribution in [0.3, 0.4) is 0 Å². The molecule has 100 valence electrons. The monoisotopic (exact) mass is 252 g/mol. The number of hydrogen-bond donors (Lipinski definition) is 3. The number of rotatable bonds is 8. The summed E-state index contributed by atoms with van der Waals surface area (Å²) < 4.78 is 5.47. The fourth-order valence-corrected chi connectivity index (χ4v) is 1.42. The molecule has 0 heterocycles. The first-order valence-electron chi connectivity index (χ1n) is 6.09. The second kappa shape index (κ2) is 8.36. The van der Waals surface area contributed by atoms with Gasteiger partial charge in [0.25, 0.3) is 0 Å². The van der Waals surface area contributed by atoms with Crippen LogP contribution in [0.1, 0.15) is 19.3 Å². The van der Waals surface area contributed by atoms with Crippen molar-refractivity contribution in [2.24, 2.45) is 0 Å². The molecular formula is C13H20N2O3. The second-order valence-electron chi connectivity index (χ2n) is 3.92. The Morgan fingerprint density at radius 2 is 2.11 bits per heavy atom. The molecule has 1 aromatic rings. The number of nitrogens with two attached hydrogens (primary N) is 1. The van der Waals surface area contributed by atoms with Gasteiger partial charge in [-0.25, -0.2) is 0 Å². The molecule has 1 aromatic carbocycles. The molecule has 4 N–H and O–H groups in total. The average molecular weight is 252 g/mol. The van der Waals surface area contributed by atoms with Gasteiger partial charge in [0.05, 0.1) is 12.3 Å². The van der Waals surface area contributed by atoms with Gasteiger partial charge in [-0.1, -0.05) is 12.1 Å². The number of benzene rings is 1. The summed E-state index contributed by atoms with van der Waals surface area (Å²) in [5, 5.41) is 11.3. The smallest absolute Gasteiger partial charge is 0.220 e. The molecular weight excluding hydrogens is 232 g/mol. The van der Waals surface area contributed by atoms with Gasteiger partial charge in [-0.05, 0) is 25.0 Å². The van der Waals surface area contributed by atoms with E-state index in [9.17, 15) is 4.79 Å². The topological polar surface area (TPSA) is 84.6 Å². The van der Waals surface area contributed by atoms with Crippen LogP contribution in [0.5, 0.6) is 5.75 Å². The van der Waals surface area contributed by atoms with Crippen LogP contribution in [-0.4, -0.2) is 30.8 Å². The Balaban J connectivity index is 2.12. The van der Waals surface area contributed by atoms with Crippen molar-refractivity contribution in [3.63, 3.8) is 0 Å². The Kier molecular flexibility index (Phi) is 6.64. The zero-order valence-corrected chi connectivity index (χ0v) is 10.4. The van der Waals surface area contributed by atoms with Crippen molar-refractivity contribution in [1.29, 1.82) is 0 Å². The quantitative estimate of drug-likeness (QED) is 0.474. The first-order chi connectivity index (χ1) is 8.74. The molecule has 0 bridgehead atoms. The first kappa shape index (κ1) is 14.3. The summed E-state index contributed by atoms with van der Waals surface area (Å²) in [6, 6.07) is 7.28. The Hall–Kier alpha value is -1.75. The number of aliphatic hydroxyl groups is 1. The maximum Gasteiger partial charge on any atom is 0.220 e. The molecule has 1 amide bonds. The lowest BCUT2D eigenvalue weighted by molar-refractivity contribution is -0.121. The predicted molar refractivity (Wildman–Crippen MR) is 70.3 cm³/mol. The summed E-state index contributed by atoms with van der Waals surface area (Å²) in [6.45, 7) is 1.07. The molecule has 0 unspecified atom stereocenters. The van der Waals surface area contributed by atoms with Crippen LogP contribution < -0.4 is 15.8 Å². The lowest BCUT2D eigenvalue weighted by atomic mass is 10.3. The van der Waals surface area contributed by atoms with Gasteiger partial charge in [0.2, 0.25) is 5.91 Å². The van der Waals surface area contributed by atoms with E-state index in [-0.39, 0.29) is 12.5 Å². The largest absolute Gasteiger partial charge is 0.491 e. The fraction of sp³-hybridized carbons (Fsp3) is 0.462. The van der Waals surface area contributed by atoms with Gasteiger partial charge in [-0.2, -0.15) is 0 Å². The number of nitrogens with one attached hydrogen (secondary N) is 1. The van der Waals surface area contributed by atoms with Crippen molar-refractivity contribution >= 4 is 11.6 Å². The van der Waals surface area contributed by atoms with Gasteiger partial charge in [0.1, 0.15) is 5.75 Å². The second-order valence-corrected chi connectivity index (χ2v) is 3.92. The van der Waals surface area contributed by atoms with Crippen LogP contribution in [0, 0.1) is 0 Å². The third-order valence-electron chi connectivity index (χ3n) is 2.38. The van der Waals surface area contributed by atoms with Gasteiger partial charge in [0, 0.05) is 19.6 Å². The van der Waals surface area contributed by atoms with E-state index in [4.69, 9.17) is 15.6 Å². The number of carbonyl (C=O) groups excluding carboxylic acids is 1. The van der Waals surface area contributed by atoms with E-state index in [1.807, 2.05) is 12.1 Å². The SMILES string of the molecule is Nc1ccccc1OCCCC(=O)NCCCO. The summed E-state index contributed by atoms with van der Waals surface area (Å²) in [6.07, 6.45) is 1.64. The summed E-state index contributed by atoms with van der Waals surface area (Å²) in [5.41, 5.74) is 6.32. The lowest BCUT2D eigenvalue weighted by Gasteiger charge is -2.08. The number of aliphatic hydroxyl groups excluding tert-OH is 1. The summed E-state index contributed by atoms with van der Waals surface area (Å²) in [5.74, 6) is 0.631. The average Bonchev–Trinajstić information content (AvgIpc) is 2.37. The van der Waals surface area contributed by atoms with E-state index >= 15 is 0 Å². The van der Waals surface area contributed by atoms with E-state index in [0.717, 1.165) is 0 Å². The van der Waals surface area contributed by atoms with Crippen molar-refractivity contribution in [1.82, 2.24) is 5.32 Å². The third kappa shape index (κ3) is 5.54. The molecule has 0 aromatic heterocycles. The summed E-state index contributed by atoms with van der Waals surface area (Å²) >= 11 is 0.